The fourth-order valence-corrected chi connectivity index (χ4v) is 5.50. The first-order valence-electron chi connectivity index (χ1n) is 15.5. The summed E-state index contributed by atoms with van der Waals surface area (Å²) in [6.45, 7) is 5.40. The Morgan fingerprint density at radius 1 is 0.578 bits per heavy atom. The van der Waals surface area contributed by atoms with E-state index in [0.717, 1.165) is 87.9 Å². The minimum atomic E-state index is 0.119. The molecule has 4 nitrogen and oxygen atoms in total. The van der Waals surface area contributed by atoms with E-state index in [-0.39, 0.29) is 5.57 Å². The zero-order chi connectivity index (χ0) is 31.9. The van der Waals surface area contributed by atoms with Crippen LogP contribution in [-0.2, 0) is 0 Å². The van der Waals surface area contributed by atoms with Crippen LogP contribution in [0.2, 0.25) is 0 Å². The number of rotatable bonds is 15. The molecule has 0 unspecified atom stereocenters. The number of allylic oxidation sites excluding steroid dienone is 2. The summed E-state index contributed by atoms with van der Waals surface area (Å²) in [7, 11) is 0. The first-order valence-corrected chi connectivity index (χ1v) is 16.7. The van der Waals surface area contributed by atoms with Crippen LogP contribution in [0.25, 0.3) is 16.7 Å². The lowest BCUT2D eigenvalue weighted by molar-refractivity contribution is 0.306. The number of nitriles is 2. The van der Waals surface area contributed by atoms with Gasteiger partial charge in [0.05, 0.1) is 13.2 Å². The molecule has 0 aliphatic rings. The van der Waals surface area contributed by atoms with Gasteiger partial charge in [0.15, 0.2) is 0 Å². The Balaban J connectivity index is 1.85. The number of hydrogen-bond acceptors (Lipinski definition) is 4. The minimum absolute atomic E-state index is 0.119. The highest BCUT2D eigenvalue weighted by Crippen LogP contribution is 2.38. The summed E-state index contributed by atoms with van der Waals surface area (Å²) in [6.07, 6.45) is 5.43. The number of unbranched alkanes of at least 4 members (excludes halogenated alkanes) is 3. The molecule has 45 heavy (non-hydrogen) atoms. The Morgan fingerprint density at radius 3 is 1.44 bits per heavy atom. The van der Waals surface area contributed by atoms with Gasteiger partial charge in [-0.3, -0.25) is 0 Å². The number of alkyl halides is 1. The highest BCUT2D eigenvalue weighted by molar-refractivity contribution is 9.09. The second-order valence-corrected chi connectivity index (χ2v) is 11.6. The van der Waals surface area contributed by atoms with Crippen LogP contribution in [0.1, 0.15) is 73.8 Å². The van der Waals surface area contributed by atoms with E-state index >= 15 is 0 Å². The molecule has 0 radical (unpaired) electrons. The molecule has 4 aromatic carbocycles. The minimum Gasteiger partial charge on any atom is -0.494 e. The molecule has 0 heterocycles. The number of halogens is 1. The average molecular weight is 660 g/mol. The Morgan fingerprint density at radius 2 is 1.00 bits per heavy atom. The molecule has 0 N–H and O–H groups in total. The molecular weight excluding hydrogens is 620 g/mol. The van der Waals surface area contributed by atoms with E-state index in [1.54, 1.807) is 0 Å². The Labute approximate surface area is 276 Å². The zero-order valence-electron chi connectivity index (χ0n) is 26.1. The summed E-state index contributed by atoms with van der Waals surface area (Å²) in [5, 5.41) is 19.8. The lowest BCUT2D eigenvalue weighted by Gasteiger charge is -2.19. The van der Waals surface area contributed by atoms with Crippen molar-refractivity contribution in [3.8, 4) is 23.6 Å². The zero-order valence-corrected chi connectivity index (χ0v) is 27.6. The van der Waals surface area contributed by atoms with Gasteiger partial charge in [-0.05, 0) is 95.0 Å². The summed E-state index contributed by atoms with van der Waals surface area (Å²) in [6, 6.07) is 39.2. The van der Waals surface area contributed by atoms with Crippen LogP contribution in [0, 0.1) is 22.7 Å². The van der Waals surface area contributed by atoms with Crippen molar-refractivity contribution in [2.45, 2.75) is 46.0 Å². The molecule has 0 fully saturated rings. The Hall–Kier alpha value is -4.58. The van der Waals surface area contributed by atoms with Gasteiger partial charge < -0.3 is 9.47 Å². The quantitative estimate of drug-likeness (QED) is 0.0551. The fourth-order valence-electron chi connectivity index (χ4n) is 5.10. The van der Waals surface area contributed by atoms with E-state index < -0.39 is 0 Å². The van der Waals surface area contributed by atoms with E-state index in [1.165, 1.54) is 0 Å². The highest BCUT2D eigenvalue weighted by atomic mass is 79.9. The number of ether oxygens (including phenoxy) is 2. The summed E-state index contributed by atoms with van der Waals surface area (Å²) in [4.78, 5) is 0. The lowest BCUT2D eigenvalue weighted by atomic mass is 9.85. The molecule has 0 aliphatic carbocycles. The van der Waals surface area contributed by atoms with Crippen molar-refractivity contribution < 1.29 is 9.47 Å². The molecule has 228 valence electrons. The molecule has 4 rings (SSSR count). The van der Waals surface area contributed by atoms with Crippen molar-refractivity contribution in [3.63, 3.8) is 0 Å². The van der Waals surface area contributed by atoms with Gasteiger partial charge in [-0.25, -0.2) is 0 Å². The largest absolute Gasteiger partial charge is 0.494 e. The van der Waals surface area contributed by atoms with Crippen molar-refractivity contribution in [1.29, 1.82) is 10.5 Å². The van der Waals surface area contributed by atoms with Crippen LogP contribution in [0.3, 0.4) is 0 Å². The third kappa shape index (κ3) is 9.21. The van der Waals surface area contributed by atoms with Crippen molar-refractivity contribution in [2.75, 3.05) is 18.5 Å². The van der Waals surface area contributed by atoms with Crippen molar-refractivity contribution in [3.05, 3.63) is 137 Å². The first kappa shape index (κ1) is 33.3. The van der Waals surface area contributed by atoms with Crippen LogP contribution in [0.5, 0.6) is 11.5 Å². The van der Waals surface area contributed by atoms with Crippen molar-refractivity contribution in [2.24, 2.45) is 0 Å². The van der Waals surface area contributed by atoms with Crippen molar-refractivity contribution >= 4 is 32.6 Å². The maximum absolute atomic E-state index is 9.40. The van der Waals surface area contributed by atoms with E-state index in [9.17, 15) is 10.5 Å². The summed E-state index contributed by atoms with van der Waals surface area (Å²) < 4.78 is 12.1. The summed E-state index contributed by atoms with van der Waals surface area (Å²) >= 11 is 3.49. The van der Waals surface area contributed by atoms with E-state index in [2.05, 4.69) is 83.5 Å². The smallest absolute Gasteiger partial charge is 0.133 e. The van der Waals surface area contributed by atoms with Gasteiger partial charge in [-0.1, -0.05) is 115 Å². The van der Waals surface area contributed by atoms with E-state index in [0.29, 0.717) is 18.8 Å². The maximum Gasteiger partial charge on any atom is 0.133 e. The fraction of sp³-hybridized carbons (Fsp3) is 0.250. The molecule has 0 amide bonds. The summed E-state index contributed by atoms with van der Waals surface area (Å²) in [5.74, 6) is 1.71. The van der Waals surface area contributed by atoms with Crippen molar-refractivity contribution in [1.82, 2.24) is 0 Å². The Kier molecular flexibility index (Phi) is 13.1. The predicted molar refractivity (Wildman–Crippen MR) is 188 cm³/mol. The lowest BCUT2D eigenvalue weighted by Crippen LogP contribution is -2.00. The van der Waals surface area contributed by atoms with Gasteiger partial charge in [-0.2, -0.15) is 10.5 Å². The second-order valence-electron chi connectivity index (χ2n) is 10.8. The van der Waals surface area contributed by atoms with E-state index in [4.69, 9.17) is 9.47 Å². The molecule has 5 heteroatoms. The molecule has 0 spiro atoms. The maximum atomic E-state index is 9.40. The van der Waals surface area contributed by atoms with Gasteiger partial charge in [0.25, 0.3) is 0 Å². The van der Waals surface area contributed by atoms with Crippen LogP contribution in [0.15, 0.2) is 109 Å². The topological polar surface area (TPSA) is 66.0 Å². The molecule has 0 aliphatic heterocycles. The molecule has 0 saturated carbocycles. The second kappa shape index (κ2) is 17.6. The number of benzene rings is 4. The summed E-state index contributed by atoms with van der Waals surface area (Å²) in [5.41, 5.74) is 8.03. The molecular formula is C40H39BrN2O2. The van der Waals surface area contributed by atoms with Gasteiger partial charge >= 0.3 is 0 Å². The van der Waals surface area contributed by atoms with Crippen LogP contribution in [-0.4, -0.2) is 18.5 Å². The molecule has 0 saturated heterocycles. The van der Waals surface area contributed by atoms with Gasteiger partial charge in [0.2, 0.25) is 0 Å². The molecule has 0 bridgehead atoms. The average Bonchev–Trinajstić information content (AvgIpc) is 3.09. The first-order chi connectivity index (χ1) is 22.1. The highest BCUT2D eigenvalue weighted by Gasteiger charge is 2.17. The van der Waals surface area contributed by atoms with Gasteiger partial charge in [0, 0.05) is 5.33 Å². The standard InChI is InChI=1S/C40H39BrN2O2/c1-3-4-9-26-44-37-21-17-34(18-22-37)40(35-19-23-38(24-20-35)45-27-10-8-25-41)39(32-11-6-5-7-12-32)33-15-13-31(14-16-33)30(2)36(28-42)29-43/h5-7,11-24H,3-4,8-10,25-27H2,1-2H3. The van der Waals surface area contributed by atoms with Crippen LogP contribution >= 0.6 is 15.9 Å². The monoisotopic (exact) mass is 658 g/mol. The van der Waals surface area contributed by atoms with Gasteiger partial charge in [0.1, 0.15) is 29.2 Å². The van der Waals surface area contributed by atoms with Gasteiger partial charge in [-0.15, -0.1) is 0 Å². The number of hydrogen-bond donors (Lipinski definition) is 0. The predicted octanol–water partition coefficient (Wildman–Crippen LogP) is 10.6. The molecule has 4 aromatic rings. The molecule has 0 atom stereocenters. The van der Waals surface area contributed by atoms with E-state index in [1.807, 2.05) is 61.5 Å². The third-order valence-electron chi connectivity index (χ3n) is 7.62. The third-order valence-corrected chi connectivity index (χ3v) is 8.18. The molecule has 0 aromatic heterocycles. The van der Waals surface area contributed by atoms with Crippen LogP contribution < -0.4 is 9.47 Å². The van der Waals surface area contributed by atoms with Crippen LogP contribution in [0.4, 0.5) is 0 Å². The number of nitrogens with zero attached hydrogens (tertiary/aromatic N) is 2. The normalized spacial score (nSPS) is 11.1. The Bertz CT molecular complexity index is 1590. The SMILES string of the molecule is CCCCCOc1ccc(C(=C(c2ccccc2)c2ccc(C(C)=C(C#N)C#N)cc2)c2ccc(OCCCCBr)cc2)cc1.